The van der Waals surface area contributed by atoms with Gasteiger partial charge in [-0.05, 0) is 7.05 Å². The summed E-state index contributed by atoms with van der Waals surface area (Å²) in [5.41, 5.74) is 4.76. The maximum atomic E-state index is 10.2. The van der Waals surface area contributed by atoms with E-state index in [0.29, 0.717) is 6.61 Å². The molecular weight excluding hydrogens is 144 g/mol. The second-order valence-corrected chi connectivity index (χ2v) is 3.30. The SMILES string of the molecule is CNCC(C)(C)COC(N)=O. The smallest absolute Gasteiger partial charge is 0.404 e. The summed E-state index contributed by atoms with van der Waals surface area (Å²) in [5, 5.41) is 3.00. The highest BCUT2D eigenvalue weighted by Gasteiger charge is 2.18. The second-order valence-electron chi connectivity index (χ2n) is 3.30. The summed E-state index contributed by atoms with van der Waals surface area (Å²) >= 11 is 0. The minimum atomic E-state index is -0.714. The molecule has 0 aromatic heterocycles. The molecule has 0 bridgehead atoms. The molecule has 0 unspecified atom stereocenters. The summed E-state index contributed by atoms with van der Waals surface area (Å²) in [6.45, 7) is 5.13. The molecule has 0 spiro atoms. The van der Waals surface area contributed by atoms with Crippen molar-refractivity contribution in [3.05, 3.63) is 0 Å². The zero-order chi connectivity index (χ0) is 8.91. The molecule has 0 radical (unpaired) electrons. The third-order valence-corrected chi connectivity index (χ3v) is 1.26. The first-order valence-corrected chi connectivity index (χ1v) is 3.55. The lowest BCUT2D eigenvalue weighted by molar-refractivity contribution is 0.107. The molecule has 0 aromatic carbocycles. The molecule has 0 saturated carbocycles. The van der Waals surface area contributed by atoms with Crippen molar-refractivity contribution in [2.24, 2.45) is 11.1 Å². The van der Waals surface area contributed by atoms with E-state index in [2.05, 4.69) is 10.1 Å². The van der Waals surface area contributed by atoms with Gasteiger partial charge in [0, 0.05) is 12.0 Å². The van der Waals surface area contributed by atoms with Gasteiger partial charge in [0.1, 0.15) is 0 Å². The van der Waals surface area contributed by atoms with Crippen LogP contribution < -0.4 is 11.1 Å². The lowest BCUT2D eigenvalue weighted by Crippen LogP contribution is -2.33. The van der Waals surface area contributed by atoms with Gasteiger partial charge >= 0.3 is 6.09 Å². The summed E-state index contributed by atoms with van der Waals surface area (Å²) in [5.74, 6) is 0. The average Bonchev–Trinajstić information content (AvgIpc) is 1.84. The highest BCUT2D eigenvalue weighted by Crippen LogP contribution is 2.13. The van der Waals surface area contributed by atoms with Crippen LogP contribution in [0.2, 0.25) is 0 Å². The van der Waals surface area contributed by atoms with Crippen molar-refractivity contribution in [2.45, 2.75) is 13.8 Å². The molecule has 11 heavy (non-hydrogen) atoms. The topological polar surface area (TPSA) is 64.3 Å². The number of rotatable bonds is 4. The standard InChI is InChI=1S/C7H16N2O2/c1-7(2,4-9-3)5-11-6(8)10/h9H,4-5H2,1-3H3,(H2,8,10). The maximum Gasteiger partial charge on any atom is 0.404 e. The Kier molecular flexibility index (Phi) is 3.89. The number of nitrogens with two attached hydrogens (primary N) is 1. The van der Waals surface area contributed by atoms with E-state index in [-0.39, 0.29) is 5.41 Å². The minimum absolute atomic E-state index is 0.0518. The predicted molar refractivity (Wildman–Crippen MR) is 43.2 cm³/mol. The normalized spacial score (nSPS) is 11.2. The molecule has 1 amide bonds. The molecule has 0 heterocycles. The number of carbonyl (C=O) groups excluding carboxylic acids is 1. The van der Waals surface area contributed by atoms with Crippen molar-refractivity contribution in [1.29, 1.82) is 0 Å². The fourth-order valence-corrected chi connectivity index (χ4v) is 0.796. The van der Waals surface area contributed by atoms with Gasteiger partial charge in [-0.15, -0.1) is 0 Å². The van der Waals surface area contributed by atoms with Crippen molar-refractivity contribution in [3.63, 3.8) is 0 Å². The van der Waals surface area contributed by atoms with Gasteiger partial charge in [-0.1, -0.05) is 13.8 Å². The van der Waals surface area contributed by atoms with E-state index in [9.17, 15) is 4.79 Å². The second kappa shape index (κ2) is 4.18. The Morgan fingerprint density at radius 1 is 1.64 bits per heavy atom. The maximum absolute atomic E-state index is 10.2. The van der Waals surface area contributed by atoms with Crippen LogP contribution in [0.25, 0.3) is 0 Å². The van der Waals surface area contributed by atoms with Crippen LogP contribution in [0, 0.1) is 5.41 Å². The van der Waals surface area contributed by atoms with E-state index < -0.39 is 6.09 Å². The van der Waals surface area contributed by atoms with E-state index in [4.69, 9.17) is 5.73 Å². The van der Waals surface area contributed by atoms with Gasteiger partial charge in [-0.2, -0.15) is 0 Å². The zero-order valence-corrected chi connectivity index (χ0v) is 7.31. The van der Waals surface area contributed by atoms with E-state index in [1.807, 2.05) is 20.9 Å². The van der Waals surface area contributed by atoms with Crippen LogP contribution in [0.15, 0.2) is 0 Å². The Morgan fingerprint density at radius 2 is 2.18 bits per heavy atom. The van der Waals surface area contributed by atoms with Crippen LogP contribution in [-0.2, 0) is 4.74 Å². The van der Waals surface area contributed by atoms with E-state index in [0.717, 1.165) is 6.54 Å². The van der Waals surface area contributed by atoms with E-state index in [1.54, 1.807) is 0 Å². The number of hydrogen-bond acceptors (Lipinski definition) is 3. The minimum Gasteiger partial charge on any atom is -0.449 e. The summed E-state index contributed by atoms with van der Waals surface area (Å²) in [6, 6.07) is 0. The molecule has 4 heteroatoms. The van der Waals surface area contributed by atoms with Crippen molar-refractivity contribution in [2.75, 3.05) is 20.2 Å². The van der Waals surface area contributed by atoms with Gasteiger partial charge in [0.25, 0.3) is 0 Å². The molecule has 0 aliphatic rings. The molecule has 0 rings (SSSR count). The Hall–Kier alpha value is -0.770. The number of nitrogens with one attached hydrogen (secondary N) is 1. The van der Waals surface area contributed by atoms with Crippen molar-refractivity contribution in [1.82, 2.24) is 5.32 Å². The molecule has 0 atom stereocenters. The molecule has 0 aliphatic heterocycles. The molecular formula is C7H16N2O2. The molecule has 0 aliphatic carbocycles. The average molecular weight is 160 g/mol. The van der Waals surface area contributed by atoms with Crippen molar-refractivity contribution < 1.29 is 9.53 Å². The Labute approximate surface area is 67.1 Å². The largest absolute Gasteiger partial charge is 0.449 e. The fraction of sp³-hybridized carbons (Fsp3) is 0.857. The van der Waals surface area contributed by atoms with Crippen LogP contribution in [0.5, 0.6) is 0 Å². The van der Waals surface area contributed by atoms with Crippen LogP contribution in [-0.4, -0.2) is 26.3 Å². The summed E-state index contributed by atoms with van der Waals surface area (Å²) in [4.78, 5) is 10.2. The molecule has 0 fully saturated rings. The van der Waals surface area contributed by atoms with Gasteiger partial charge in [0.05, 0.1) is 6.61 Å². The van der Waals surface area contributed by atoms with Crippen LogP contribution in [0.1, 0.15) is 13.8 Å². The highest BCUT2D eigenvalue weighted by atomic mass is 16.5. The van der Waals surface area contributed by atoms with E-state index in [1.165, 1.54) is 0 Å². The fourth-order valence-electron chi connectivity index (χ4n) is 0.796. The van der Waals surface area contributed by atoms with Crippen LogP contribution >= 0.6 is 0 Å². The molecule has 0 saturated heterocycles. The number of carbonyl (C=O) groups is 1. The highest BCUT2D eigenvalue weighted by molar-refractivity contribution is 5.64. The van der Waals surface area contributed by atoms with Gasteiger partial charge in [0.15, 0.2) is 0 Å². The third-order valence-electron chi connectivity index (χ3n) is 1.26. The Balaban J connectivity index is 3.63. The first-order valence-electron chi connectivity index (χ1n) is 3.55. The Morgan fingerprint density at radius 3 is 2.55 bits per heavy atom. The Bertz CT molecular complexity index is 134. The number of amides is 1. The van der Waals surface area contributed by atoms with Gasteiger partial charge in [0.2, 0.25) is 0 Å². The van der Waals surface area contributed by atoms with Crippen molar-refractivity contribution >= 4 is 6.09 Å². The summed E-state index contributed by atoms with van der Waals surface area (Å²) in [7, 11) is 1.85. The quantitative estimate of drug-likeness (QED) is 0.622. The summed E-state index contributed by atoms with van der Waals surface area (Å²) < 4.78 is 4.66. The van der Waals surface area contributed by atoms with Gasteiger partial charge < -0.3 is 15.8 Å². The van der Waals surface area contributed by atoms with Gasteiger partial charge in [-0.3, -0.25) is 0 Å². The monoisotopic (exact) mass is 160 g/mol. The number of hydrogen-bond donors (Lipinski definition) is 2. The molecule has 3 N–H and O–H groups in total. The molecule has 4 nitrogen and oxygen atoms in total. The number of ether oxygens (including phenoxy) is 1. The number of primary amides is 1. The van der Waals surface area contributed by atoms with Crippen LogP contribution in [0.4, 0.5) is 4.79 Å². The molecule has 66 valence electrons. The third kappa shape index (κ3) is 5.66. The zero-order valence-electron chi connectivity index (χ0n) is 7.31. The molecule has 0 aromatic rings. The first-order chi connectivity index (χ1) is 4.98. The van der Waals surface area contributed by atoms with Crippen LogP contribution in [0.3, 0.4) is 0 Å². The van der Waals surface area contributed by atoms with Gasteiger partial charge in [-0.25, -0.2) is 4.79 Å². The van der Waals surface area contributed by atoms with Crippen molar-refractivity contribution in [3.8, 4) is 0 Å². The lowest BCUT2D eigenvalue weighted by Gasteiger charge is -2.22. The van der Waals surface area contributed by atoms with E-state index >= 15 is 0 Å². The predicted octanol–water partition coefficient (Wildman–Crippen LogP) is 0.327. The lowest BCUT2D eigenvalue weighted by atomic mass is 9.95. The first kappa shape index (κ1) is 10.2. The summed E-state index contributed by atoms with van der Waals surface area (Å²) in [6.07, 6.45) is -0.714.